The summed E-state index contributed by atoms with van der Waals surface area (Å²) in [5, 5.41) is 0.702. The largest absolute Gasteiger partial charge is 0.345 e. The quantitative estimate of drug-likeness (QED) is 0.836. The molecule has 2 heterocycles. The highest BCUT2D eigenvalue weighted by Gasteiger charge is 2.25. The van der Waals surface area contributed by atoms with Crippen molar-refractivity contribution < 1.29 is 4.39 Å². The van der Waals surface area contributed by atoms with Gasteiger partial charge in [-0.15, -0.1) is 0 Å². The molecule has 4 nitrogen and oxygen atoms in total. The number of hydrogen-bond acceptors (Lipinski definition) is 3. The summed E-state index contributed by atoms with van der Waals surface area (Å²) in [7, 11) is 2.02. The summed E-state index contributed by atoms with van der Waals surface area (Å²) < 4.78 is 13.7. The van der Waals surface area contributed by atoms with Crippen molar-refractivity contribution in [3.8, 4) is 0 Å². The Morgan fingerprint density at radius 1 is 1.50 bits per heavy atom. The predicted molar refractivity (Wildman–Crippen MR) is 66.9 cm³/mol. The van der Waals surface area contributed by atoms with Gasteiger partial charge in [0.1, 0.15) is 11.3 Å². The van der Waals surface area contributed by atoms with Gasteiger partial charge in [-0.3, -0.25) is 4.90 Å². The second-order valence-electron chi connectivity index (χ2n) is 4.73. The fourth-order valence-electron chi connectivity index (χ4n) is 2.70. The Kier molecular flexibility index (Phi) is 2.63. The van der Waals surface area contributed by atoms with Crippen LogP contribution >= 0.6 is 0 Å². The summed E-state index contributed by atoms with van der Waals surface area (Å²) in [6.45, 7) is 0.992. The summed E-state index contributed by atoms with van der Waals surface area (Å²) in [6, 6.07) is 4.93. The Hall–Kier alpha value is -1.75. The number of hydrogen-bond donors (Lipinski definition) is 1. The van der Waals surface area contributed by atoms with Gasteiger partial charge >= 0.3 is 5.69 Å². The summed E-state index contributed by atoms with van der Waals surface area (Å²) >= 11 is 0. The first-order valence-electron chi connectivity index (χ1n) is 6.05. The van der Waals surface area contributed by atoms with Gasteiger partial charge in [-0.25, -0.2) is 9.18 Å². The number of fused-ring (bicyclic) bond motifs is 1. The highest BCUT2D eigenvalue weighted by molar-refractivity contribution is 5.81. The van der Waals surface area contributed by atoms with E-state index in [1.807, 2.05) is 13.1 Å². The smallest absolute Gasteiger partial charge is 0.308 e. The highest BCUT2D eigenvalue weighted by Crippen LogP contribution is 2.32. The van der Waals surface area contributed by atoms with Gasteiger partial charge in [-0.1, -0.05) is 12.1 Å². The van der Waals surface area contributed by atoms with Crippen LogP contribution in [-0.2, 0) is 0 Å². The maximum absolute atomic E-state index is 13.7. The molecule has 5 heteroatoms. The maximum Gasteiger partial charge on any atom is 0.345 e. The lowest BCUT2D eigenvalue weighted by Crippen LogP contribution is -2.23. The van der Waals surface area contributed by atoms with Crippen molar-refractivity contribution in [1.82, 2.24) is 14.9 Å². The second kappa shape index (κ2) is 4.17. The van der Waals surface area contributed by atoms with Gasteiger partial charge in [-0.05, 0) is 32.5 Å². The lowest BCUT2D eigenvalue weighted by Gasteiger charge is -2.20. The van der Waals surface area contributed by atoms with Crippen LogP contribution in [0.3, 0.4) is 0 Å². The average Bonchev–Trinajstić information content (AvgIpc) is 2.76. The van der Waals surface area contributed by atoms with Gasteiger partial charge in [-0.2, -0.15) is 4.98 Å². The molecule has 0 aliphatic carbocycles. The molecule has 0 spiro atoms. The van der Waals surface area contributed by atoms with Crippen LogP contribution in [0.2, 0.25) is 0 Å². The third-order valence-electron chi connectivity index (χ3n) is 3.59. The Balaban J connectivity index is 2.28. The molecule has 1 N–H and O–H groups in total. The van der Waals surface area contributed by atoms with Crippen molar-refractivity contribution in [1.29, 1.82) is 0 Å². The summed E-state index contributed by atoms with van der Waals surface area (Å²) in [6.07, 6.45) is 2.06. The van der Waals surface area contributed by atoms with E-state index in [0.717, 1.165) is 25.1 Å². The number of rotatable bonds is 1. The highest BCUT2D eigenvalue weighted by atomic mass is 19.1. The van der Waals surface area contributed by atoms with Gasteiger partial charge in [0.25, 0.3) is 0 Å². The van der Waals surface area contributed by atoms with Crippen LogP contribution < -0.4 is 5.69 Å². The summed E-state index contributed by atoms with van der Waals surface area (Å²) in [4.78, 5) is 20.2. The molecule has 1 unspecified atom stereocenters. The Bertz CT molecular complexity index is 652. The van der Waals surface area contributed by atoms with Crippen molar-refractivity contribution in [3.05, 3.63) is 40.2 Å². The van der Waals surface area contributed by atoms with E-state index in [1.54, 1.807) is 6.07 Å². The first-order valence-corrected chi connectivity index (χ1v) is 6.05. The molecule has 1 fully saturated rings. The SMILES string of the molecule is CN1CCCC1c1[nH]c(=O)nc2c(F)cccc12. The zero-order valence-corrected chi connectivity index (χ0v) is 10.1. The predicted octanol–water partition coefficient (Wildman–Crippen LogP) is 1.83. The first kappa shape index (κ1) is 11.3. The van der Waals surface area contributed by atoms with E-state index in [1.165, 1.54) is 6.07 Å². The number of likely N-dealkylation sites (tertiary alicyclic amines) is 1. The second-order valence-corrected chi connectivity index (χ2v) is 4.73. The van der Waals surface area contributed by atoms with Crippen LogP contribution in [0.4, 0.5) is 4.39 Å². The maximum atomic E-state index is 13.7. The van der Waals surface area contributed by atoms with Crippen LogP contribution in [0.15, 0.2) is 23.0 Å². The molecule has 94 valence electrons. The molecule has 1 aliphatic rings. The van der Waals surface area contributed by atoms with Crippen LogP contribution in [-0.4, -0.2) is 28.5 Å². The molecule has 0 bridgehead atoms. The monoisotopic (exact) mass is 247 g/mol. The van der Waals surface area contributed by atoms with Crippen LogP contribution in [0.25, 0.3) is 10.9 Å². The van der Waals surface area contributed by atoms with Gasteiger partial charge in [0.15, 0.2) is 0 Å². The molecule has 1 aromatic heterocycles. The molecule has 2 aromatic rings. The van der Waals surface area contributed by atoms with Gasteiger partial charge in [0, 0.05) is 11.1 Å². The van der Waals surface area contributed by atoms with E-state index in [2.05, 4.69) is 14.9 Å². The van der Waals surface area contributed by atoms with E-state index >= 15 is 0 Å². The molecule has 0 saturated carbocycles. The molecule has 0 amide bonds. The molecule has 1 atom stereocenters. The molecule has 1 aromatic carbocycles. The summed E-state index contributed by atoms with van der Waals surface area (Å²) in [5.74, 6) is -0.444. The summed E-state index contributed by atoms with van der Waals surface area (Å²) in [5.41, 5.74) is 0.462. The number of para-hydroxylation sites is 1. The molecule has 18 heavy (non-hydrogen) atoms. The van der Waals surface area contributed by atoms with Crippen molar-refractivity contribution >= 4 is 10.9 Å². The Labute approximate surface area is 103 Å². The number of aromatic amines is 1. The van der Waals surface area contributed by atoms with Crippen molar-refractivity contribution in [2.45, 2.75) is 18.9 Å². The third kappa shape index (κ3) is 1.71. The van der Waals surface area contributed by atoms with Crippen molar-refractivity contribution in [2.24, 2.45) is 0 Å². The molecule has 1 aliphatic heterocycles. The van der Waals surface area contributed by atoms with Crippen LogP contribution in [0.5, 0.6) is 0 Å². The fraction of sp³-hybridized carbons (Fsp3) is 0.385. The topological polar surface area (TPSA) is 49.0 Å². The van der Waals surface area contributed by atoms with E-state index in [9.17, 15) is 9.18 Å². The lowest BCUT2D eigenvalue weighted by atomic mass is 10.1. The van der Waals surface area contributed by atoms with E-state index < -0.39 is 11.5 Å². The van der Waals surface area contributed by atoms with Crippen molar-refractivity contribution in [3.63, 3.8) is 0 Å². The average molecular weight is 247 g/mol. The number of nitrogens with zero attached hydrogens (tertiary/aromatic N) is 2. The zero-order valence-electron chi connectivity index (χ0n) is 10.1. The molecular formula is C13H14FN3O. The lowest BCUT2D eigenvalue weighted by molar-refractivity contribution is 0.313. The number of nitrogens with one attached hydrogen (secondary N) is 1. The molecule has 1 saturated heterocycles. The normalized spacial score (nSPS) is 20.7. The minimum atomic E-state index is -0.483. The Morgan fingerprint density at radius 2 is 2.33 bits per heavy atom. The van der Waals surface area contributed by atoms with Gasteiger partial charge < -0.3 is 4.98 Å². The molecular weight excluding hydrogens is 233 g/mol. The van der Waals surface area contributed by atoms with E-state index in [0.29, 0.717) is 5.39 Å². The van der Waals surface area contributed by atoms with Crippen LogP contribution in [0.1, 0.15) is 24.6 Å². The van der Waals surface area contributed by atoms with Gasteiger partial charge in [0.05, 0.1) is 6.04 Å². The van der Waals surface area contributed by atoms with Gasteiger partial charge in [0.2, 0.25) is 0 Å². The number of aromatic nitrogens is 2. The molecule has 0 radical (unpaired) electrons. The molecule has 3 rings (SSSR count). The number of halogens is 1. The Morgan fingerprint density at radius 3 is 3.06 bits per heavy atom. The van der Waals surface area contributed by atoms with E-state index in [4.69, 9.17) is 0 Å². The standard InChI is InChI=1S/C13H14FN3O/c1-17-7-3-6-10(17)12-8-4-2-5-9(14)11(8)15-13(18)16-12/h2,4-5,10H,3,6-7H2,1H3,(H,15,16,18). The first-order chi connectivity index (χ1) is 8.66. The van der Waals surface area contributed by atoms with E-state index in [-0.39, 0.29) is 11.6 Å². The third-order valence-corrected chi connectivity index (χ3v) is 3.59. The minimum absolute atomic E-state index is 0.144. The number of H-pyrrole nitrogens is 1. The number of benzene rings is 1. The zero-order chi connectivity index (χ0) is 12.7. The minimum Gasteiger partial charge on any atom is -0.308 e. The van der Waals surface area contributed by atoms with Crippen molar-refractivity contribution in [2.75, 3.05) is 13.6 Å². The van der Waals surface area contributed by atoms with Crippen LogP contribution in [0, 0.1) is 5.82 Å². The fourth-order valence-corrected chi connectivity index (χ4v) is 2.70.